The minimum atomic E-state index is 0.763. The van der Waals surface area contributed by atoms with Gasteiger partial charge in [-0.15, -0.1) is 11.8 Å². The van der Waals surface area contributed by atoms with Crippen molar-refractivity contribution >= 4 is 23.4 Å². The zero-order chi connectivity index (χ0) is 8.55. The van der Waals surface area contributed by atoms with Gasteiger partial charge in [-0.3, -0.25) is 0 Å². The maximum absolute atomic E-state index is 5.90. The van der Waals surface area contributed by atoms with Crippen molar-refractivity contribution in [3.63, 3.8) is 0 Å². The molecule has 0 bridgehead atoms. The Morgan fingerprint density at radius 3 is 3.17 bits per heavy atom. The Labute approximate surface area is 82.3 Å². The molecule has 0 radical (unpaired) electrons. The highest BCUT2D eigenvalue weighted by Crippen LogP contribution is 2.35. The summed E-state index contributed by atoms with van der Waals surface area (Å²) in [6.07, 6.45) is 2.46. The van der Waals surface area contributed by atoms with Crippen LogP contribution in [-0.4, -0.2) is 5.25 Å². The number of rotatable bonds is 0. The first-order valence-corrected chi connectivity index (χ1v) is 5.46. The maximum atomic E-state index is 5.90. The largest absolute Gasteiger partial charge is 0.123 e. The number of aryl methyl sites for hydroxylation is 1. The van der Waals surface area contributed by atoms with Gasteiger partial charge in [-0.25, -0.2) is 0 Å². The Morgan fingerprint density at radius 1 is 1.50 bits per heavy atom. The molecule has 0 saturated carbocycles. The van der Waals surface area contributed by atoms with Crippen LogP contribution in [-0.2, 0) is 6.42 Å². The Bertz CT molecular complexity index is 296. The van der Waals surface area contributed by atoms with Crippen molar-refractivity contribution in [2.45, 2.75) is 29.9 Å². The van der Waals surface area contributed by atoms with Gasteiger partial charge in [0.25, 0.3) is 0 Å². The minimum absolute atomic E-state index is 0.763. The zero-order valence-electron chi connectivity index (χ0n) is 7.01. The van der Waals surface area contributed by atoms with E-state index in [9.17, 15) is 0 Å². The van der Waals surface area contributed by atoms with E-state index in [2.05, 4.69) is 19.1 Å². The van der Waals surface area contributed by atoms with Gasteiger partial charge in [0.1, 0.15) is 0 Å². The average Bonchev–Trinajstić information content (AvgIpc) is 2.05. The van der Waals surface area contributed by atoms with E-state index in [1.54, 1.807) is 0 Å². The molecule has 1 aromatic carbocycles. The molecule has 2 heteroatoms. The van der Waals surface area contributed by atoms with Crippen molar-refractivity contribution in [1.82, 2.24) is 0 Å². The van der Waals surface area contributed by atoms with Crippen molar-refractivity contribution in [2.75, 3.05) is 0 Å². The topological polar surface area (TPSA) is 0 Å². The van der Waals surface area contributed by atoms with Crippen LogP contribution in [0, 0.1) is 0 Å². The second-order valence-corrected chi connectivity index (χ2v) is 5.14. The lowest BCUT2D eigenvalue weighted by molar-refractivity contribution is 0.780. The van der Waals surface area contributed by atoms with Crippen LogP contribution in [0.15, 0.2) is 23.1 Å². The molecule has 0 aromatic heterocycles. The minimum Gasteiger partial charge on any atom is -0.123 e. The van der Waals surface area contributed by atoms with Gasteiger partial charge in [-0.2, -0.15) is 0 Å². The molecule has 0 N–H and O–H groups in total. The molecular formula is C10H11ClS. The lowest BCUT2D eigenvalue weighted by atomic mass is 10.1. The Kier molecular flexibility index (Phi) is 2.33. The molecule has 12 heavy (non-hydrogen) atoms. The Balaban J connectivity index is 2.37. The molecule has 1 heterocycles. The van der Waals surface area contributed by atoms with Gasteiger partial charge in [0.05, 0.1) is 0 Å². The molecular weight excluding hydrogens is 188 g/mol. The normalized spacial score (nSPS) is 22.0. The molecule has 1 aliphatic rings. The third kappa shape index (κ3) is 1.62. The van der Waals surface area contributed by atoms with E-state index in [1.165, 1.54) is 23.3 Å². The number of thioether (sulfide) groups is 1. The fourth-order valence-corrected chi connectivity index (χ4v) is 2.82. The molecule has 1 aromatic rings. The summed E-state index contributed by atoms with van der Waals surface area (Å²) < 4.78 is 0. The highest BCUT2D eigenvalue weighted by atomic mass is 35.5. The summed E-state index contributed by atoms with van der Waals surface area (Å²) in [6, 6.07) is 6.21. The van der Waals surface area contributed by atoms with E-state index in [1.807, 2.05) is 17.8 Å². The van der Waals surface area contributed by atoms with Crippen molar-refractivity contribution < 1.29 is 0 Å². The van der Waals surface area contributed by atoms with Gasteiger partial charge >= 0.3 is 0 Å². The molecule has 0 nitrogen and oxygen atoms in total. The molecule has 1 unspecified atom stereocenters. The zero-order valence-corrected chi connectivity index (χ0v) is 8.58. The number of hydrogen-bond donors (Lipinski definition) is 0. The highest BCUT2D eigenvalue weighted by molar-refractivity contribution is 8.00. The second-order valence-electron chi connectivity index (χ2n) is 3.22. The van der Waals surface area contributed by atoms with Gasteiger partial charge in [0, 0.05) is 15.2 Å². The quantitative estimate of drug-likeness (QED) is 0.612. The van der Waals surface area contributed by atoms with Crippen LogP contribution in [0.1, 0.15) is 18.9 Å². The molecule has 0 amide bonds. The van der Waals surface area contributed by atoms with Crippen molar-refractivity contribution in [3.8, 4) is 0 Å². The fraction of sp³-hybridized carbons (Fsp3) is 0.400. The molecule has 2 rings (SSSR count). The van der Waals surface area contributed by atoms with Crippen LogP contribution in [0.5, 0.6) is 0 Å². The summed E-state index contributed by atoms with van der Waals surface area (Å²) in [7, 11) is 0. The Morgan fingerprint density at radius 2 is 2.33 bits per heavy atom. The third-order valence-corrected chi connectivity index (χ3v) is 3.70. The first-order chi connectivity index (χ1) is 5.75. The number of hydrogen-bond acceptors (Lipinski definition) is 1. The molecule has 64 valence electrons. The maximum Gasteiger partial charge on any atom is 0.0409 e. The van der Waals surface area contributed by atoms with Crippen LogP contribution >= 0.6 is 23.4 Å². The van der Waals surface area contributed by atoms with E-state index < -0.39 is 0 Å². The Hall–Kier alpha value is -0.140. The summed E-state index contributed by atoms with van der Waals surface area (Å²) in [4.78, 5) is 1.41. The molecule has 0 aliphatic carbocycles. The van der Waals surface area contributed by atoms with Crippen LogP contribution in [0.25, 0.3) is 0 Å². The lowest BCUT2D eigenvalue weighted by Crippen LogP contribution is -2.06. The van der Waals surface area contributed by atoms with Crippen LogP contribution in [0.4, 0.5) is 0 Å². The summed E-state index contributed by atoms with van der Waals surface area (Å²) in [5, 5.41) is 1.63. The predicted octanol–water partition coefficient (Wildman–Crippen LogP) is 3.77. The van der Waals surface area contributed by atoms with E-state index in [0.29, 0.717) is 0 Å². The van der Waals surface area contributed by atoms with E-state index in [-0.39, 0.29) is 0 Å². The van der Waals surface area contributed by atoms with Crippen LogP contribution in [0.3, 0.4) is 0 Å². The third-order valence-electron chi connectivity index (χ3n) is 2.17. The van der Waals surface area contributed by atoms with Gasteiger partial charge in [-0.05, 0) is 36.6 Å². The van der Waals surface area contributed by atoms with Gasteiger partial charge in [-0.1, -0.05) is 18.5 Å². The molecule has 1 aliphatic heterocycles. The molecule has 0 spiro atoms. The molecule has 0 fully saturated rings. The van der Waals surface area contributed by atoms with E-state index in [4.69, 9.17) is 11.6 Å². The smallest absolute Gasteiger partial charge is 0.0409 e. The van der Waals surface area contributed by atoms with E-state index in [0.717, 1.165) is 10.3 Å². The number of fused-ring (bicyclic) bond motifs is 1. The molecule has 0 saturated heterocycles. The first-order valence-electron chi connectivity index (χ1n) is 4.21. The summed E-state index contributed by atoms with van der Waals surface area (Å²) in [5.74, 6) is 0. The van der Waals surface area contributed by atoms with Gasteiger partial charge in [0.15, 0.2) is 0 Å². The highest BCUT2D eigenvalue weighted by Gasteiger charge is 2.15. The summed E-state index contributed by atoms with van der Waals surface area (Å²) in [6.45, 7) is 2.28. The standard InChI is InChI=1S/C10H11ClS/c1-7-2-3-8-6-9(11)4-5-10(8)12-7/h4-7H,2-3H2,1H3. The first kappa shape index (κ1) is 8.46. The van der Waals surface area contributed by atoms with E-state index >= 15 is 0 Å². The van der Waals surface area contributed by atoms with Gasteiger partial charge in [0.2, 0.25) is 0 Å². The summed E-state index contributed by atoms with van der Waals surface area (Å²) in [5.41, 5.74) is 1.42. The van der Waals surface area contributed by atoms with Crippen LogP contribution in [0.2, 0.25) is 5.02 Å². The summed E-state index contributed by atoms with van der Waals surface area (Å²) >= 11 is 7.87. The van der Waals surface area contributed by atoms with Crippen LogP contribution < -0.4 is 0 Å². The number of benzene rings is 1. The van der Waals surface area contributed by atoms with Gasteiger partial charge < -0.3 is 0 Å². The average molecular weight is 199 g/mol. The monoisotopic (exact) mass is 198 g/mol. The van der Waals surface area contributed by atoms with Crippen molar-refractivity contribution in [3.05, 3.63) is 28.8 Å². The van der Waals surface area contributed by atoms with Crippen molar-refractivity contribution in [2.24, 2.45) is 0 Å². The molecule has 1 atom stereocenters. The SMILES string of the molecule is CC1CCc2cc(Cl)ccc2S1. The van der Waals surface area contributed by atoms with Crippen molar-refractivity contribution in [1.29, 1.82) is 0 Å². The lowest BCUT2D eigenvalue weighted by Gasteiger charge is -2.20. The second kappa shape index (κ2) is 3.31. The predicted molar refractivity (Wildman–Crippen MR) is 55.1 cm³/mol. The fourth-order valence-electron chi connectivity index (χ4n) is 1.49. The number of halogens is 1.